The Morgan fingerprint density at radius 2 is 1.97 bits per heavy atom. The number of tetrazole rings is 1. The lowest BCUT2D eigenvalue weighted by Crippen LogP contribution is -2.52. The lowest BCUT2D eigenvalue weighted by molar-refractivity contribution is -0.143. The van der Waals surface area contributed by atoms with Crippen LogP contribution >= 0.6 is 0 Å². The number of furan rings is 2. The molecule has 1 saturated heterocycles. The molecule has 3 aromatic heterocycles. The third kappa shape index (κ3) is 6.58. The number of nitrogens with zero attached hydrogens (tertiary/aromatic N) is 6. The summed E-state index contributed by atoms with van der Waals surface area (Å²) in [4.78, 5) is 32.0. The van der Waals surface area contributed by atoms with Crippen molar-refractivity contribution in [2.45, 2.75) is 45.8 Å². The van der Waals surface area contributed by atoms with Gasteiger partial charge in [0.25, 0.3) is 5.91 Å². The van der Waals surface area contributed by atoms with E-state index in [0.29, 0.717) is 37.8 Å². The Morgan fingerprint density at radius 1 is 1.19 bits per heavy atom. The molecule has 12 nitrogen and oxygen atoms in total. The quantitative estimate of drug-likeness (QED) is 0.467. The molecular weight excluding hydrogens is 466 g/mol. The summed E-state index contributed by atoms with van der Waals surface area (Å²) in [7, 11) is 0. The fourth-order valence-electron chi connectivity index (χ4n) is 3.96. The van der Waals surface area contributed by atoms with Gasteiger partial charge < -0.3 is 23.8 Å². The third-order valence-electron chi connectivity index (χ3n) is 5.64. The summed E-state index contributed by atoms with van der Waals surface area (Å²) in [6.07, 6.45) is 1.49. The van der Waals surface area contributed by atoms with E-state index in [1.165, 1.54) is 16.0 Å². The van der Waals surface area contributed by atoms with E-state index in [-0.39, 0.29) is 24.2 Å². The maximum absolute atomic E-state index is 13.7. The molecule has 1 fully saturated rings. The van der Waals surface area contributed by atoms with Crippen LogP contribution in [0.5, 0.6) is 0 Å². The zero-order valence-electron chi connectivity index (χ0n) is 21.1. The number of nitrogens with one attached hydrogen (secondary N) is 1. The van der Waals surface area contributed by atoms with Crippen molar-refractivity contribution in [3.05, 3.63) is 42.0 Å². The van der Waals surface area contributed by atoms with E-state index < -0.39 is 11.6 Å². The highest BCUT2D eigenvalue weighted by atomic mass is 16.5. The van der Waals surface area contributed by atoms with Gasteiger partial charge in [-0.25, -0.2) is 0 Å². The van der Waals surface area contributed by atoms with Gasteiger partial charge >= 0.3 is 0 Å². The van der Waals surface area contributed by atoms with Crippen molar-refractivity contribution < 1.29 is 23.2 Å². The predicted octanol–water partition coefficient (Wildman–Crippen LogP) is 1.65. The van der Waals surface area contributed by atoms with Gasteiger partial charge in [-0.1, -0.05) is 0 Å². The standard InChI is InChI=1S/C24H33N7O5/c1-17-7-8-19(36-17)22-26-28-31(27-22)16-20(32)30(10-9-29-11-14-34-15-12-29)21(18-6-5-13-35-18)23(33)25-24(2,3)4/h5-8,13,21H,9-12,14-16H2,1-4H3,(H,25,33)/t21-/m0/s1. The van der Waals surface area contributed by atoms with Crippen LogP contribution in [0, 0.1) is 6.92 Å². The van der Waals surface area contributed by atoms with E-state index in [0.717, 1.165) is 18.8 Å². The van der Waals surface area contributed by atoms with Crippen molar-refractivity contribution in [1.82, 2.24) is 35.3 Å². The average molecular weight is 500 g/mol. The highest BCUT2D eigenvalue weighted by Crippen LogP contribution is 2.24. The Bertz CT molecular complexity index is 1140. The first-order chi connectivity index (χ1) is 17.2. The molecule has 0 aliphatic carbocycles. The zero-order chi connectivity index (χ0) is 25.7. The molecule has 4 rings (SSSR count). The lowest BCUT2D eigenvalue weighted by atomic mass is 10.1. The van der Waals surface area contributed by atoms with Crippen LogP contribution in [-0.4, -0.2) is 86.8 Å². The Labute approximate surface area is 209 Å². The zero-order valence-corrected chi connectivity index (χ0v) is 21.1. The maximum Gasteiger partial charge on any atom is 0.251 e. The molecule has 2 amide bonds. The van der Waals surface area contributed by atoms with Gasteiger partial charge in [-0.2, -0.15) is 4.80 Å². The molecule has 0 radical (unpaired) electrons. The summed E-state index contributed by atoms with van der Waals surface area (Å²) in [5, 5.41) is 15.3. The number of amides is 2. The van der Waals surface area contributed by atoms with Crippen molar-refractivity contribution in [2.24, 2.45) is 0 Å². The highest BCUT2D eigenvalue weighted by Gasteiger charge is 2.35. The fraction of sp³-hybridized carbons (Fsp3) is 0.542. The molecule has 0 aromatic carbocycles. The number of hydrogen-bond acceptors (Lipinski definition) is 9. The number of carbonyl (C=O) groups excluding carboxylic acids is 2. The summed E-state index contributed by atoms with van der Waals surface area (Å²) >= 11 is 0. The van der Waals surface area contributed by atoms with Crippen molar-refractivity contribution in [3.63, 3.8) is 0 Å². The number of rotatable bonds is 9. The van der Waals surface area contributed by atoms with E-state index in [2.05, 4.69) is 25.6 Å². The van der Waals surface area contributed by atoms with E-state index in [1.54, 1.807) is 24.3 Å². The molecule has 1 aliphatic rings. The first kappa shape index (κ1) is 25.6. The number of carbonyl (C=O) groups is 2. The summed E-state index contributed by atoms with van der Waals surface area (Å²) in [6, 6.07) is 6.00. The van der Waals surface area contributed by atoms with Crippen LogP contribution < -0.4 is 5.32 Å². The Morgan fingerprint density at radius 3 is 2.61 bits per heavy atom. The number of aryl methyl sites for hydroxylation is 1. The lowest BCUT2D eigenvalue weighted by Gasteiger charge is -2.34. The number of ether oxygens (including phenoxy) is 1. The molecule has 4 heterocycles. The normalized spacial score (nSPS) is 15.6. The Balaban J connectivity index is 1.58. The molecule has 3 aromatic rings. The average Bonchev–Trinajstić information content (AvgIpc) is 3.58. The SMILES string of the molecule is Cc1ccc(-c2nnn(CC(=O)N(CCN3CCOCC3)[C@H](C(=O)NC(C)(C)C)c3ccco3)n2)o1. The fourth-order valence-corrected chi connectivity index (χ4v) is 3.96. The van der Waals surface area contributed by atoms with E-state index in [1.807, 2.05) is 27.7 Å². The first-order valence-corrected chi connectivity index (χ1v) is 12.0. The predicted molar refractivity (Wildman–Crippen MR) is 129 cm³/mol. The number of aromatic nitrogens is 4. The summed E-state index contributed by atoms with van der Waals surface area (Å²) in [5.41, 5.74) is -0.496. The van der Waals surface area contributed by atoms with Crippen molar-refractivity contribution in [3.8, 4) is 11.6 Å². The van der Waals surface area contributed by atoms with Gasteiger partial charge in [0.2, 0.25) is 11.7 Å². The Hall–Kier alpha value is -3.51. The van der Waals surface area contributed by atoms with Crippen molar-refractivity contribution in [2.75, 3.05) is 39.4 Å². The smallest absolute Gasteiger partial charge is 0.251 e. The molecule has 1 atom stereocenters. The summed E-state index contributed by atoms with van der Waals surface area (Å²) in [5.74, 6) is 1.18. The van der Waals surface area contributed by atoms with E-state index in [9.17, 15) is 9.59 Å². The second kappa shape index (κ2) is 11.0. The van der Waals surface area contributed by atoms with E-state index >= 15 is 0 Å². The van der Waals surface area contributed by atoms with Gasteiger partial charge in [-0.3, -0.25) is 14.5 Å². The molecule has 0 spiro atoms. The van der Waals surface area contributed by atoms with Gasteiger partial charge in [-0.15, -0.1) is 10.2 Å². The van der Waals surface area contributed by atoms with Crippen molar-refractivity contribution >= 4 is 11.8 Å². The van der Waals surface area contributed by atoms with Crippen LogP contribution in [0.1, 0.15) is 38.3 Å². The molecule has 1 N–H and O–H groups in total. The monoisotopic (exact) mass is 499 g/mol. The van der Waals surface area contributed by atoms with Crippen LogP contribution in [0.3, 0.4) is 0 Å². The second-order valence-electron chi connectivity index (χ2n) is 9.75. The van der Waals surface area contributed by atoms with Crippen LogP contribution in [0.4, 0.5) is 0 Å². The minimum atomic E-state index is -0.955. The van der Waals surface area contributed by atoms with Gasteiger partial charge in [0.05, 0.1) is 19.5 Å². The molecule has 12 heteroatoms. The topological polar surface area (TPSA) is 132 Å². The second-order valence-corrected chi connectivity index (χ2v) is 9.75. The maximum atomic E-state index is 13.7. The number of morpholine rings is 1. The third-order valence-corrected chi connectivity index (χ3v) is 5.64. The van der Waals surface area contributed by atoms with Crippen LogP contribution in [0.15, 0.2) is 39.4 Å². The van der Waals surface area contributed by atoms with Gasteiger partial charge in [0.15, 0.2) is 11.8 Å². The number of hydrogen-bond donors (Lipinski definition) is 1. The minimum Gasteiger partial charge on any atom is -0.467 e. The van der Waals surface area contributed by atoms with Gasteiger partial charge in [0.1, 0.15) is 18.1 Å². The first-order valence-electron chi connectivity index (χ1n) is 12.0. The summed E-state index contributed by atoms with van der Waals surface area (Å²) in [6.45, 7) is 11.0. The molecule has 0 unspecified atom stereocenters. The largest absolute Gasteiger partial charge is 0.467 e. The van der Waals surface area contributed by atoms with Crippen LogP contribution in [-0.2, 0) is 20.9 Å². The molecule has 0 bridgehead atoms. The van der Waals surface area contributed by atoms with Crippen LogP contribution in [0.25, 0.3) is 11.6 Å². The minimum absolute atomic E-state index is 0.199. The molecule has 36 heavy (non-hydrogen) atoms. The van der Waals surface area contributed by atoms with Crippen molar-refractivity contribution in [1.29, 1.82) is 0 Å². The van der Waals surface area contributed by atoms with Gasteiger partial charge in [0, 0.05) is 31.7 Å². The molecular formula is C24H33N7O5. The van der Waals surface area contributed by atoms with E-state index in [4.69, 9.17) is 13.6 Å². The van der Waals surface area contributed by atoms with Gasteiger partial charge in [-0.05, 0) is 57.2 Å². The molecule has 194 valence electrons. The molecule has 1 aliphatic heterocycles. The summed E-state index contributed by atoms with van der Waals surface area (Å²) < 4.78 is 16.6. The Kier molecular flexibility index (Phi) is 7.85. The highest BCUT2D eigenvalue weighted by molar-refractivity contribution is 5.88. The molecule has 0 saturated carbocycles. The van der Waals surface area contributed by atoms with Crippen LogP contribution in [0.2, 0.25) is 0 Å².